The molecule has 4 atom stereocenters. The second kappa shape index (κ2) is 11.4. The lowest BCUT2D eigenvalue weighted by Gasteiger charge is -2.40. The number of hydrogen-bond donors (Lipinski definition) is 2. The molecule has 0 aromatic carbocycles. The van der Waals surface area contributed by atoms with Gasteiger partial charge in [0, 0.05) is 41.0 Å². The maximum atomic E-state index is 13.0. The van der Waals surface area contributed by atoms with E-state index in [0.29, 0.717) is 0 Å². The first kappa shape index (κ1) is 27.7. The van der Waals surface area contributed by atoms with Gasteiger partial charge in [0.25, 0.3) is 0 Å². The van der Waals surface area contributed by atoms with Gasteiger partial charge < -0.3 is 29.5 Å². The summed E-state index contributed by atoms with van der Waals surface area (Å²) in [6.07, 6.45) is -0.992. The van der Waals surface area contributed by atoms with Crippen molar-refractivity contribution in [2.24, 2.45) is 22.2 Å². The maximum absolute atomic E-state index is 13.0. The first-order chi connectivity index (χ1) is 16.4. The Kier molecular flexibility index (Phi) is 9.03. The standard InChI is InChI=1S/C23H35N3O7S2/c1-12-16(15(13(2)27)19(28)31-6)25-17(20(29)32-11-33-21(30)23(3,4)5)18(12)35-14-9-26(10-14)22-24-7-8-34-22/h12-16,25,27H,7-11H2,1-6H3/t12-,13?,15?,16-/m1/s1. The Bertz CT molecular complexity index is 894. The maximum Gasteiger partial charge on any atom is 0.358 e. The summed E-state index contributed by atoms with van der Waals surface area (Å²) in [6.45, 7) is 10.5. The van der Waals surface area contributed by atoms with Gasteiger partial charge in [-0.15, -0.1) is 11.8 Å². The van der Waals surface area contributed by atoms with Crippen molar-refractivity contribution in [3.8, 4) is 0 Å². The lowest BCUT2D eigenvalue weighted by molar-refractivity contribution is -0.171. The molecule has 0 aromatic rings. The number of amidine groups is 1. The first-order valence-corrected chi connectivity index (χ1v) is 13.5. The molecule has 35 heavy (non-hydrogen) atoms. The average Bonchev–Trinajstić information content (AvgIpc) is 3.38. The number of aliphatic imine (C=N–C) groups is 1. The number of likely N-dealkylation sites (tertiary alicyclic amines) is 1. The van der Waals surface area contributed by atoms with Crippen LogP contribution in [-0.2, 0) is 28.6 Å². The van der Waals surface area contributed by atoms with Crippen molar-refractivity contribution < 1.29 is 33.7 Å². The predicted octanol–water partition coefficient (Wildman–Crippen LogP) is 1.59. The van der Waals surface area contributed by atoms with Crippen molar-refractivity contribution >= 4 is 46.6 Å². The number of hydrogen-bond acceptors (Lipinski definition) is 12. The molecule has 3 aliphatic rings. The topological polar surface area (TPSA) is 127 Å². The fourth-order valence-electron chi connectivity index (χ4n) is 4.05. The van der Waals surface area contributed by atoms with Crippen LogP contribution in [0.1, 0.15) is 34.6 Å². The summed E-state index contributed by atoms with van der Waals surface area (Å²) in [6, 6.07) is -0.560. The Morgan fingerprint density at radius 2 is 1.97 bits per heavy atom. The van der Waals surface area contributed by atoms with Crippen LogP contribution in [0.15, 0.2) is 15.6 Å². The number of thioether (sulfide) groups is 2. The van der Waals surface area contributed by atoms with Crippen LogP contribution in [0.3, 0.4) is 0 Å². The van der Waals surface area contributed by atoms with Gasteiger partial charge in [-0.3, -0.25) is 14.6 Å². The number of carbonyl (C=O) groups excluding carboxylic acids is 3. The highest BCUT2D eigenvalue weighted by Gasteiger charge is 2.46. The van der Waals surface area contributed by atoms with Gasteiger partial charge in [-0.25, -0.2) is 4.79 Å². The molecule has 0 saturated carbocycles. The van der Waals surface area contributed by atoms with Crippen molar-refractivity contribution in [3.05, 3.63) is 10.6 Å². The number of nitrogens with zero attached hydrogens (tertiary/aromatic N) is 2. The zero-order valence-corrected chi connectivity index (χ0v) is 22.7. The largest absolute Gasteiger partial charge is 0.469 e. The lowest BCUT2D eigenvalue weighted by Crippen LogP contribution is -2.51. The van der Waals surface area contributed by atoms with Crippen LogP contribution in [0.25, 0.3) is 0 Å². The lowest BCUT2D eigenvalue weighted by atomic mass is 9.87. The second-order valence-electron chi connectivity index (χ2n) is 9.88. The Morgan fingerprint density at radius 3 is 2.51 bits per heavy atom. The summed E-state index contributed by atoms with van der Waals surface area (Å²) in [5.74, 6) is -1.86. The molecular weight excluding hydrogens is 494 g/mol. The van der Waals surface area contributed by atoms with Crippen molar-refractivity contribution in [2.75, 3.05) is 39.3 Å². The molecule has 1 fully saturated rings. The highest BCUT2D eigenvalue weighted by molar-refractivity contribution is 8.14. The molecule has 10 nitrogen and oxygen atoms in total. The Hall–Kier alpha value is -1.92. The van der Waals surface area contributed by atoms with E-state index in [0.717, 1.165) is 35.5 Å². The molecule has 0 radical (unpaired) electrons. The highest BCUT2D eigenvalue weighted by atomic mass is 32.2. The quantitative estimate of drug-likeness (QED) is 0.351. The van der Waals surface area contributed by atoms with Crippen LogP contribution in [0.2, 0.25) is 0 Å². The summed E-state index contributed by atoms with van der Waals surface area (Å²) in [4.78, 5) is 44.9. The third-order valence-electron chi connectivity index (χ3n) is 6.07. The zero-order chi connectivity index (χ0) is 25.9. The Labute approximate surface area is 214 Å². The van der Waals surface area contributed by atoms with E-state index in [1.807, 2.05) is 6.92 Å². The number of esters is 3. The number of methoxy groups -OCH3 is 1. The minimum absolute atomic E-state index is 0.222. The van der Waals surface area contributed by atoms with Crippen molar-refractivity contribution in [1.29, 1.82) is 0 Å². The van der Waals surface area contributed by atoms with E-state index in [4.69, 9.17) is 14.2 Å². The highest BCUT2D eigenvalue weighted by Crippen LogP contribution is 2.43. The molecule has 3 heterocycles. The van der Waals surface area contributed by atoms with Gasteiger partial charge in [0.15, 0.2) is 5.17 Å². The summed E-state index contributed by atoms with van der Waals surface area (Å²) >= 11 is 3.32. The molecule has 12 heteroatoms. The van der Waals surface area contributed by atoms with Gasteiger partial charge in [-0.05, 0) is 27.7 Å². The third-order valence-corrected chi connectivity index (χ3v) is 8.56. The molecule has 0 aromatic heterocycles. The van der Waals surface area contributed by atoms with E-state index >= 15 is 0 Å². The second-order valence-corrected chi connectivity index (χ2v) is 12.3. The molecule has 0 amide bonds. The molecule has 196 valence electrons. The number of rotatable bonds is 8. The van der Waals surface area contributed by atoms with Crippen LogP contribution < -0.4 is 5.32 Å². The predicted molar refractivity (Wildman–Crippen MR) is 135 cm³/mol. The van der Waals surface area contributed by atoms with Crippen LogP contribution in [0.4, 0.5) is 0 Å². The van der Waals surface area contributed by atoms with Gasteiger partial charge in [-0.1, -0.05) is 18.7 Å². The number of nitrogens with one attached hydrogen (secondary N) is 1. The van der Waals surface area contributed by atoms with Crippen molar-refractivity contribution in [2.45, 2.75) is 52.0 Å². The summed E-state index contributed by atoms with van der Waals surface area (Å²) in [5, 5.41) is 14.7. The summed E-state index contributed by atoms with van der Waals surface area (Å²) < 4.78 is 15.2. The number of ether oxygens (including phenoxy) is 3. The molecule has 3 aliphatic heterocycles. The van der Waals surface area contributed by atoms with Gasteiger partial charge in [0.1, 0.15) is 11.6 Å². The number of aliphatic hydroxyl groups is 1. The minimum Gasteiger partial charge on any atom is -0.469 e. The van der Waals surface area contributed by atoms with Crippen molar-refractivity contribution in [1.82, 2.24) is 10.2 Å². The van der Waals surface area contributed by atoms with E-state index in [1.54, 1.807) is 44.3 Å². The molecule has 2 N–H and O–H groups in total. The van der Waals surface area contributed by atoms with Gasteiger partial charge in [-0.2, -0.15) is 0 Å². The van der Waals surface area contributed by atoms with E-state index in [9.17, 15) is 19.5 Å². The van der Waals surface area contributed by atoms with E-state index in [2.05, 4.69) is 15.2 Å². The summed E-state index contributed by atoms with van der Waals surface area (Å²) in [5.41, 5.74) is -0.499. The van der Waals surface area contributed by atoms with Crippen LogP contribution >= 0.6 is 23.5 Å². The third kappa shape index (κ3) is 6.45. The fraction of sp³-hybridized carbons (Fsp3) is 0.739. The summed E-state index contributed by atoms with van der Waals surface area (Å²) in [7, 11) is 1.27. The number of aliphatic hydroxyl groups excluding tert-OH is 1. The zero-order valence-electron chi connectivity index (χ0n) is 21.0. The smallest absolute Gasteiger partial charge is 0.358 e. The Balaban J connectivity index is 1.73. The van der Waals surface area contributed by atoms with E-state index < -0.39 is 48.2 Å². The van der Waals surface area contributed by atoms with Crippen molar-refractivity contribution in [3.63, 3.8) is 0 Å². The molecule has 0 bridgehead atoms. The molecule has 3 rings (SSSR count). The van der Waals surface area contributed by atoms with Gasteiger partial charge >= 0.3 is 17.9 Å². The minimum atomic E-state index is -0.992. The van der Waals surface area contributed by atoms with Crippen LogP contribution in [0, 0.1) is 17.3 Å². The monoisotopic (exact) mass is 529 g/mol. The molecule has 1 saturated heterocycles. The fourth-order valence-corrected chi connectivity index (χ4v) is 6.42. The Morgan fingerprint density at radius 1 is 1.29 bits per heavy atom. The average molecular weight is 530 g/mol. The van der Waals surface area contributed by atoms with Gasteiger partial charge in [0.2, 0.25) is 6.79 Å². The molecular formula is C23H35N3O7S2. The van der Waals surface area contributed by atoms with E-state index in [1.165, 1.54) is 14.0 Å². The van der Waals surface area contributed by atoms with Crippen LogP contribution in [-0.4, -0.2) is 89.8 Å². The SMILES string of the molecule is COC(=O)C(C(C)O)[C@@H]1NC(C(=O)OCOC(=O)C(C)(C)C)=C(SC2CN(C3=NCCS3)C2)[C@@H]1C. The van der Waals surface area contributed by atoms with Crippen LogP contribution in [0.5, 0.6) is 0 Å². The van der Waals surface area contributed by atoms with E-state index in [-0.39, 0.29) is 16.9 Å². The normalized spacial score (nSPS) is 24.3. The number of carbonyl (C=O) groups is 3. The molecule has 0 aliphatic carbocycles. The molecule has 2 unspecified atom stereocenters. The first-order valence-electron chi connectivity index (χ1n) is 11.6. The van der Waals surface area contributed by atoms with Gasteiger partial charge in [0.05, 0.1) is 25.2 Å². The molecule has 0 spiro atoms.